The number of carbonyl (C=O) groups excluding carboxylic acids is 1. The Balaban J connectivity index is 1.98. The average molecular weight is 415 g/mol. The van der Waals surface area contributed by atoms with Gasteiger partial charge in [-0.05, 0) is 62.4 Å². The van der Waals surface area contributed by atoms with E-state index in [1.54, 1.807) is 0 Å². The Kier molecular flexibility index (Phi) is 6.21. The molecule has 9 heteroatoms. The molecule has 1 amide bonds. The summed E-state index contributed by atoms with van der Waals surface area (Å²) in [7, 11) is 0. The molecule has 0 radical (unpaired) electrons. The van der Waals surface area contributed by atoms with E-state index in [9.17, 15) is 14.9 Å². The van der Waals surface area contributed by atoms with Crippen molar-refractivity contribution in [2.45, 2.75) is 64.1 Å². The van der Waals surface area contributed by atoms with Crippen LogP contribution in [0.3, 0.4) is 0 Å². The highest BCUT2D eigenvalue weighted by Gasteiger charge is 2.27. The van der Waals surface area contributed by atoms with Crippen LogP contribution in [-0.4, -0.2) is 33.7 Å². The number of halogens is 1. The molecule has 0 unspecified atom stereocenters. The van der Waals surface area contributed by atoms with E-state index in [4.69, 9.17) is 4.74 Å². The fourth-order valence-corrected chi connectivity index (χ4v) is 3.15. The number of alkyl carbamates (subject to hydrolysis) is 1. The SMILES string of the molecule is CC(C)(C)OC(=O)N[C@H]1CCC[C@@H](Nc2cnc(Br)cc2[N+](=O)[O-])C1. The summed E-state index contributed by atoms with van der Waals surface area (Å²) in [6, 6.07) is 1.38. The van der Waals surface area contributed by atoms with Crippen LogP contribution in [0, 0.1) is 10.1 Å². The molecule has 138 valence electrons. The number of anilines is 1. The zero-order valence-electron chi connectivity index (χ0n) is 14.5. The van der Waals surface area contributed by atoms with Crippen LogP contribution in [-0.2, 0) is 4.74 Å². The average Bonchev–Trinajstić information content (AvgIpc) is 2.47. The van der Waals surface area contributed by atoms with E-state index >= 15 is 0 Å². The summed E-state index contributed by atoms with van der Waals surface area (Å²) in [5.41, 5.74) is -0.180. The summed E-state index contributed by atoms with van der Waals surface area (Å²) in [6.07, 6.45) is 4.34. The molecule has 25 heavy (non-hydrogen) atoms. The molecule has 0 saturated heterocycles. The molecular weight excluding hydrogens is 392 g/mol. The lowest BCUT2D eigenvalue weighted by atomic mass is 9.91. The molecular formula is C16H23BrN4O4. The summed E-state index contributed by atoms with van der Waals surface area (Å²) in [5, 5.41) is 17.3. The fraction of sp³-hybridized carbons (Fsp3) is 0.625. The number of amides is 1. The maximum absolute atomic E-state index is 11.9. The van der Waals surface area contributed by atoms with Crippen molar-refractivity contribution < 1.29 is 14.5 Å². The zero-order chi connectivity index (χ0) is 18.6. The molecule has 0 aromatic carbocycles. The second kappa shape index (κ2) is 7.99. The number of nitro groups is 1. The summed E-state index contributed by atoms with van der Waals surface area (Å²) >= 11 is 3.15. The number of pyridine rings is 1. The van der Waals surface area contributed by atoms with Gasteiger partial charge in [0.05, 0.1) is 17.2 Å². The molecule has 2 atom stereocenters. The van der Waals surface area contributed by atoms with Gasteiger partial charge in [0.25, 0.3) is 5.69 Å². The Morgan fingerprint density at radius 3 is 2.72 bits per heavy atom. The number of hydrogen-bond acceptors (Lipinski definition) is 6. The predicted octanol–water partition coefficient (Wildman–Crippen LogP) is 4.00. The van der Waals surface area contributed by atoms with Gasteiger partial charge in [0.1, 0.15) is 15.9 Å². The first-order valence-electron chi connectivity index (χ1n) is 8.20. The number of rotatable bonds is 4. The van der Waals surface area contributed by atoms with Gasteiger partial charge in [0.15, 0.2) is 0 Å². The summed E-state index contributed by atoms with van der Waals surface area (Å²) in [4.78, 5) is 26.7. The molecule has 1 fully saturated rings. The van der Waals surface area contributed by atoms with Gasteiger partial charge in [-0.3, -0.25) is 10.1 Å². The van der Waals surface area contributed by atoms with Crippen LogP contribution in [0.4, 0.5) is 16.2 Å². The van der Waals surface area contributed by atoms with Gasteiger partial charge in [-0.2, -0.15) is 0 Å². The summed E-state index contributed by atoms with van der Waals surface area (Å²) < 4.78 is 5.70. The van der Waals surface area contributed by atoms with E-state index in [1.165, 1.54) is 12.3 Å². The quantitative estimate of drug-likeness (QED) is 0.437. The lowest BCUT2D eigenvalue weighted by Gasteiger charge is -2.31. The van der Waals surface area contributed by atoms with Crippen molar-refractivity contribution >= 4 is 33.4 Å². The first-order valence-corrected chi connectivity index (χ1v) is 8.99. The second-order valence-electron chi connectivity index (χ2n) is 7.13. The molecule has 1 aliphatic carbocycles. The molecule has 1 aliphatic rings. The topological polar surface area (TPSA) is 106 Å². The van der Waals surface area contributed by atoms with E-state index in [2.05, 4.69) is 31.5 Å². The number of ether oxygens (including phenoxy) is 1. The molecule has 0 spiro atoms. The first kappa shape index (κ1) is 19.4. The summed E-state index contributed by atoms with van der Waals surface area (Å²) in [6.45, 7) is 5.45. The van der Waals surface area contributed by atoms with Crippen LogP contribution >= 0.6 is 15.9 Å². The van der Waals surface area contributed by atoms with Gasteiger partial charge in [-0.1, -0.05) is 0 Å². The second-order valence-corrected chi connectivity index (χ2v) is 7.94. The first-order chi connectivity index (χ1) is 11.6. The van der Waals surface area contributed by atoms with Crippen LogP contribution in [0.1, 0.15) is 46.5 Å². The Bertz CT molecular complexity index is 648. The highest BCUT2D eigenvalue weighted by atomic mass is 79.9. The van der Waals surface area contributed by atoms with Crippen molar-refractivity contribution in [1.29, 1.82) is 0 Å². The van der Waals surface area contributed by atoms with E-state index in [-0.39, 0.29) is 17.8 Å². The van der Waals surface area contributed by atoms with Crippen LogP contribution in [0.25, 0.3) is 0 Å². The minimum Gasteiger partial charge on any atom is -0.444 e. The van der Waals surface area contributed by atoms with Crippen molar-refractivity contribution in [3.05, 3.63) is 27.0 Å². The molecule has 2 rings (SSSR count). The summed E-state index contributed by atoms with van der Waals surface area (Å²) in [5.74, 6) is 0. The molecule has 8 nitrogen and oxygen atoms in total. The van der Waals surface area contributed by atoms with Crippen LogP contribution < -0.4 is 10.6 Å². The number of hydrogen-bond donors (Lipinski definition) is 2. The van der Waals surface area contributed by atoms with Gasteiger partial charge >= 0.3 is 6.09 Å². The Hall–Kier alpha value is -1.90. The zero-order valence-corrected chi connectivity index (χ0v) is 16.1. The van der Waals surface area contributed by atoms with Crippen molar-refractivity contribution in [2.75, 3.05) is 5.32 Å². The number of aromatic nitrogens is 1. The van der Waals surface area contributed by atoms with E-state index in [0.29, 0.717) is 16.7 Å². The largest absolute Gasteiger partial charge is 0.444 e. The van der Waals surface area contributed by atoms with Crippen LogP contribution in [0.5, 0.6) is 0 Å². The Labute approximate surface area is 155 Å². The molecule has 1 aromatic rings. The van der Waals surface area contributed by atoms with Crippen molar-refractivity contribution in [1.82, 2.24) is 10.3 Å². The lowest BCUT2D eigenvalue weighted by Crippen LogP contribution is -2.43. The third-order valence-electron chi connectivity index (χ3n) is 3.80. The third kappa shape index (κ3) is 6.15. The van der Waals surface area contributed by atoms with Gasteiger partial charge in [0, 0.05) is 12.1 Å². The van der Waals surface area contributed by atoms with E-state index in [1.807, 2.05) is 20.8 Å². The van der Waals surface area contributed by atoms with Crippen LogP contribution in [0.15, 0.2) is 16.9 Å². The van der Waals surface area contributed by atoms with Gasteiger partial charge < -0.3 is 15.4 Å². The van der Waals surface area contributed by atoms with Gasteiger partial charge in [0.2, 0.25) is 0 Å². The van der Waals surface area contributed by atoms with Crippen molar-refractivity contribution in [3.63, 3.8) is 0 Å². The standard InChI is InChI=1S/C16H23BrN4O4/c1-16(2,3)25-15(22)20-11-6-4-5-10(7-11)19-12-9-18-14(17)8-13(12)21(23)24/h8-11,19H,4-7H2,1-3H3,(H,20,22)/t10-,11+/m1/s1. The lowest BCUT2D eigenvalue weighted by molar-refractivity contribution is -0.384. The monoisotopic (exact) mass is 414 g/mol. The Morgan fingerprint density at radius 1 is 1.40 bits per heavy atom. The molecule has 0 aliphatic heterocycles. The normalized spacial score (nSPS) is 20.6. The number of nitrogens with zero attached hydrogens (tertiary/aromatic N) is 2. The fourth-order valence-electron chi connectivity index (χ4n) is 2.83. The maximum atomic E-state index is 11.9. The highest BCUT2D eigenvalue weighted by molar-refractivity contribution is 9.10. The van der Waals surface area contributed by atoms with Crippen LogP contribution in [0.2, 0.25) is 0 Å². The molecule has 1 saturated carbocycles. The van der Waals surface area contributed by atoms with Crippen molar-refractivity contribution in [2.24, 2.45) is 0 Å². The molecule has 0 bridgehead atoms. The Morgan fingerprint density at radius 2 is 2.08 bits per heavy atom. The highest BCUT2D eigenvalue weighted by Crippen LogP contribution is 2.29. The number of carbonyl (C=O) groups is 1. The van der Waals surface area contributed by atoms with E-state index < -0.39 is 16.6 Å². The minimum absolute atomic E-state index is 0.0235. The number of nitrogens with one attached hydrogen (secondary N) is 2. The predicted molar refractivity (Wildman–Crippen MR) is 97.6 cm³/mol. The van der Waals surface area contributed by atoms with Gasteiger partial charge in [-0.15, -0.1) is 0 Å². The molecule has 1 heterocycles. The van der Waals surface area contributed by atoms with Gasteiger partial charge in [-0.25, -0.2) is 9.78 Å². The van der Waals surface area contributed by atoms with E-state index in [0.717, 1.165) is 19.3 Å². The minimum atomic E-state index is -0.542. The molecule has 2 N–H and O–H groups in total. The smallest absolute Gasteiger partial charge is 0.407 e. The van der Waals surface area contributed by atoms with Crippen molar-refractivity contribution in [3.8, 4) is 0 Å². The third-order valence-corrected chi connectivity index (χ3v) is 4.23. The maximum Gasteiger partial charge on any atom is 0.407 e. The molecule has 1 aromatic heterocycles.